The van der Waals surface area contributed by atoms with E-state index in [2.05, 4.69) is 18.4 Å². The third kappa shape index (κ3) is 20.1. The summed E-state index contributed by atoms with van der Waals surface area (Å²) < 4.78 is 26.8. The minimum Gasteiger partial charge on any atom is -0.756 e. The first-order valence-corrected chi connectivity index (χ1v) is 13.5. The number of likely N-dealkylation sites (N-methyl/N-ethyl adjacent to an activating group) is 1. The number of rotatable bonds is 20. The lowest BCUT2D eigenvalue weighted by Crippen LogP contribution is -2.37. The summed E-state index contributed by atoms with van der Waals surface area (Å²) in [5.74, 6) is 0.149. The first-order chi connectivity index (χ1) is 14.8. The number of aliphatic hydroxyl groups is 1. The Morgan fingerprint density at radius 1 is 0.906 bits per heavy atom. The Hall–Kier alpha value is -0.500. The van der Waals surface area contributed by atoms with Gasteiger partial charge in [0.15, 0.2) is 0 Å². The Labute approximate surface area is 195 Å². The van der Waals surface area contributed by atoms with Gasteiger partial charge >= 0.3 is 5.97 Å². The fourth-order valence-electron chi connectivity index (χ4n) is 3.01. The number of carbonyl (C=O) groups is 1. The fourth-order valence-corrected chi connectivity index (χ4v) is 3.75. The van der Waals surface area contributed by atoms with Crippen LogP contribution in [0, 0.1) is 11.8 Å². The number of unbranched alkanes of at least 4 members (excludes halogenated alkanes) is 6. The Morgan fingerprint density at radius 3 is 1.97 bits per heavy atom. The van der Waals surface area contributed by atoms with Gasteiger partial charge in [-0.1, -0.05) is 72.1 Å². The van der Waals surface area contributed by atoms with Crippen LogP contribution in [0.4, 0.5) is 0 Å². The van der Waals surface area contributed by atoms with Gasteiger partial charge in [-0.3, -0.25) is 9.36 Å². The lowest BCUT2D eigenvalue weighted by molar-refractivity contribution is -0.870. The van der Waals surface area contributed by atoms with E-state index in [1.165, 1.54) is 38.5 Å². The second-order valence-corrected chi connectivity index (χ2v) is 11.6. The Balaban J connectivity index is 3.82. The largest absolute Gasteiger partial charge is 0.756 e. The van der Waals surface area contributed by atoms with Crippen LogP contribution in [0.5, 0.6) is 0 Å². The summed E-state index contributed by atoms with van der Waals surface area (Å²) in [6.07, 6.45) is 9.22. The van der Waals surface area contributed by atoms with Crippen LogP contribution in [0.25, 0.3) is 0 Å². The van der Waals surface area contributed by atoms with E-state index in [4.69, 9.17) is 9.26 Å². The van der Waals surface area contributed by atoms with E-state index in [1.54, 1.807) is 0 Å². The van der Waals surface area contributed by atoms with Gasteiger partial charge in [0.25, 0.3) is 7.82 Å². The molecule has 1 N–H and O–H groups in total. The van der Waals surface area contributed by atoms with Gasteiger partial charge in [-0.2, -0.15) is 0 Å². The number of ether oxygens (including phenoxy) is 1. The molecule has 3 atom stereocenters. The van der Waals surface area contributed by atoms with E-state index in [0.29, 0.717) is 11.0 Å². The normalized spacial score (nSPS) is 16.0. The molecule has 192 valence electrons. The number of phosphoric acid groups is 1. The summed E-state index contributed by atoms with van der Waals surface area (Å²) in [4.78, 5) is 23.8. The maximum absolute atomic E-state index is 12.1. The number of nitrogens with zero attached hydrogens (tertiary/aromatic N) is 1. The second kappa shape index (κ2) is 17.0. The number of carbonyl (C=O) groups excluding carboxylic acids is 1. The average Bonchev–Trinajstić information content (AvgIpc) is 2.67. The first-order valence-electron chi connectivity index (χ1n) is 12.1. The molecule has 0 aromatic carbocycles. The summed E-state index contributed by atoms with van der Waals surface area (Å²) in [5.41, 5.74) is 0. The summed E-state index contributed by atoms with van der Waals surface area (Å²) in [7, 11) is 1.24. The average molecular weight is 482 g/mol. The highest BCUT2D eigenvalue weighted by Gasteiger charge is 2.19. The van der Waals surface area contributed by atoms with Crippen molar-refractivity contribution in [2.24, 2.45) is 11.8 Å². The van der Waals surface area contributed by atoms with Gasteiger partial charge in [-0.05, 0) is 12.3 Å². The van der Waals surface area contributed by atoms with Crippen molar-refractivity contribution in [2.45, 2.75) is 84.7 Å². The predicted octanol–water partition coefficient (Wildman–Crippen LogP) is 3.90. The zero-order chi connectivity index (χ0) is 24.6. The molecular weight excluding hydrogens is 433 g/mol. The number of hydrogen-bond acceptors (Lipinski definition) is 7. The van der Waals surface area contributed by atoms with Crippen LogP contribution in [0.15, 0.2) is 0 Å². The minimum absolute atomic E-state index is 0.00892. The number of esters is 1. The fraction of sp³-hybridized carbons (Fsp3) is 0.957. The standard InChI is InChI=1S/C23H48NO7P/c1-20(2)14-12-10-8-7-9-11-13-15-21(3)23(26)29-18-22(25)19-31-32(27,28)30-17-16-24(4,5)6/h20-22,25H,7-19H2,1-6H3/t21?,22-/m1/s1. The van der Waals surface area contributed by atoms with E-state index in [0.717, 1.165) is 25.2 Å². The van der Waals surface area contributed by atoms with E-state index in [-0.39, 0.29) is 25.1 Å². The molecule has 0 aliphatic rings. The van der Waals surface area contributed by atoms with Crippen LogP contribution >= 0.6 is 7.82 Å². The maximum atomic E-state index is 12.1. The van der Waals surface area contributed by atoms with Gasteiger partial charge in [0.05, 0.1) is 33.7 Å². The van der Waals surface area contributed by atoms with Gasteiger partial charge in [0.2, 0.25) is 0 Å². The molecule has 0 aliphatic heterocycles. The van der Waals surface area contributed by atoms with Crippen molar-refractivity contribution in [2.75, 3.05) is 47.5 Å². The summed E-state index contributed by atoms with van der Waals surface area (Å²) in [6.45, 7) is 6.00. The molecule has 0 saturated heterocycles. The molecule has 2 unspecified atom stereocenters. The smallest absolute Gasteiger partial charge is 0.308 e. The zero-order valence-electron chi connectivity index (χ0n) is 21.2. The van der Waals surface area contributed by atoms with Crippen LogP contribution in [-0.2, 0) is 23.1 Å². The van der Waals surface area contributed by atoms with Crippen LogP contribution < -0.4 is 4.89 Å². The van der Waals surface area contributed by atoms with Crippen molar-refractivity contribution in [3.8, 4) is 0 Å². The van der Waals surface area contributed by atoms with Gasteiger partial charge < -0.3 is 28.3 Å². The molecular formula is C23H48NO7P. The molecule has 0 heterocycles. The molecule has 0 aromatic rings. The minimum atomic E-state index is -4.49. The monoisotopic (exact) mass is 481 g/mol. The molecule has 0 spiro atoms. The van der Waals surface area contributed by atoms with Crippen molar-refractivity contribution < 1.29 is 37.6 Å². The molecule has 0 radical (unpaired) electrons. The van der Waals surface area contributed by atoms with E-state index < -0.39 is 20.5 Å². The predicted molar refractivity (Wildman–Crippen MR) is 125 cm³/mol. The topological polar surface area (TPSA) is 105 Å². The van der Waals surface area contributed by atoms with Crippen molar-refractivity contribution in [1.29, 1.82) is 0 Å². The highest BCUT2D eigenvalue weighted by atomic mass is 31.2. The quantitative estimate of drug-likeness (QED) is 0.122. The summed E-state index contributed by atoms with van der Waals surface area (Å²) in [6, 6.07) is 0. The van der Waals surface area contributed by atoms with E-state index in [9.17, 15) is 19.4 Å². The van der Waals surface area contributed by atoms with E-state index >= 15 is 0 Å². The number of hydrogen-bond donors (Lipinski definition) is 1. The lowest BCUT2D eigenvalue weighted by atomic mass is 10.0. The summed E-state index contributed by atoms with van der Waals surface area (Å²) >= 11 is 0. The third-order valence-electron chi connectivity index (χ3n) is 5.18. The Kier molecular flexibility index (Phi) is 16.7. The molecule has 8 nitrogen and oxygen atoms in total. The van der Waals surface area contributed by atoms with Crippen LogP contribution in [0.1, 0.15) is 78.6 Å². The summed E-state index contributed by atoms with van der Waals surface area (Å²) in [5, 5.41) is 9.84. The second-order valence-electron chi connectivity index (χ2n) is 10.2. The lowest BCUT2D eigenvalue weighted by Gasteiger charge is -2.27. The maximum Gasteiger partial charge on any atom is 0.308 e. The Bertz CT molecular complexity index is 537. The van der Waals surface area contributed by atoms with Crippen molar-refractivity contribution >= 4 is 13.8 Å². The molecule has 0 aromatic heterocycles. The molecule has 0 aliphatic carbocycles. The molecule has 0 bridgehead atoms. The van der Waals surface area contributed by atoms with E-state index in [1.807, 2.05) is 28.1 Å². The Morgan fingerprint density at radius 2 is 1.44 bits per heavy atom. The number of quaternary nitrogens is 1. The molecule has 0 amide bonds. The number of aliphatic hydroxyl groups excluding tert-OH is 1. The SMILES string of the molecule is CC(C)CCCCCCCCCC(C)C(=O)OC[C@@H](O)COP(=O)([O-])OCC[N+](C)(C)C. The molecule has 0 rings (SSSR count). The van der Waals surface area contributed by atoms with Crippen LogP contribution in [0.3, 0.4) is 0 Å². The molecule has 0 fully saturated rings. The van der Waals surface area contributed by atoms with Crippen LogP contribution in [0.2, 0.25) is 0 Å². The van der Waals surface area contributed by atoms with Gasteiger partial charge in [0.1, 0.15) is 25.9 Å². The van der Waals surface area contributed by atoms with Gasteiger partial charge in [-0.25, -0.2) is 0 Å². The van der Waals surface area contributed by atoms with Crippen LogP contribution in [-0.4, -0.2) is 69.2 Å². The molecule has 0 saturated carbocycles. The first kappa shape index (κ1) is 31.5. The zero-order valence-corrected chi connectivity index (χ0v) is 22.1. The van der Waals surface area contributed by atoms with Crippen molar-refractivity contribution in [1.82, 2.24) is 0 Å². The molecule has 9 heteroatoms. The molecule has 32 heavy (non-hydrogen) atoms. The third-order valence-corrected chi connectivity index (χ3v) is 6.14. The highest BCUT2D eigenvalue weighted by molar-refractivity contribution is 7.45. The van der Waals surface area contributed by atoms with Gasteiger partial charge in [0, 0.05) is 0 Å². The number of phosphoric ester groups is 1. The van der Waals surface area contributed by atoms with Crippen molar-refractivity contribution in [3.63, 3.8) is 0 Å². The van der Waals surface area contributed by atoms with Crippen molar-refractivity contribution in [3.05, 3.63) is 0 Å². The highest BCUT2D eigenvalue weighted by Crippen LogP contribution is 2.38. The van der Waals surface area contributed by atoms with Gasteiger partial charge in [-0.15, -0.1) is 0 Å².